The molecule has 1 aliphatic rings. The molecule has 0 saturated carbocycles. The minimum atomic E-state index is -3.27. The number of nitrogens with one attached hydrogen (secondary N) is 1. The van der Waals surface area contributed by atoms with Gasteiger partial charge in [0.05, 0.1) is 6.26 Å². The molecule has 22 heavy (non-hydrogen) atoms. The molecule has 1 fully saturated rings. The van der Waals surface area contributed by atoms with Crippen LogP contribution in [0.15, 0.2) is 30.3 Å². The van der Waals surface area contributed by atoms with Crippen molar-refractivity contribution in [1.29, 1.82) is 0 Å². The molecule has 1 N–H and O–H groups in total. The van der Waals surface area contributed by atoms with Crippen LogP contribution in [0.5, 0.6) is 0 Å². The molecule has 1 aromatic rings. The lowest BCUT2D eigenvalue weighted by Gasteiger charge is -2.34. The molecule has 0 aliphatic carbocycles. The van der Waals surface area contributed by atoms with E-state index in [1.807, 2.05) is 30.3 Å². The fourth-order valence-electron chi connectivity index (χ4n) is 2.75. The Labute approximate surface area is 131 Å². The summed E-state index contributed by atoms with van der Waals surface area (Å²) in [5.74, 6) is -0.131. The molecule has 1 aliphatic heterocycles. The lowest BCUT2D eigenvalue weighted by atomic mass is 10.0. The summed E-state index contributed by atoms with van der Waals surface area (Å²) in [6, 6.07) is 9.07. The van der Waals surface area contributed by atoms with Crippen molar-refractivity contribution in [2.45, 2.75) is 25.0 Å². The van der Waals surface area contributed by atoms with Crippen LogP contribution in [0, 0.1) is 0 Å². The first kappa shape index (κ1) is 16.9. The predicted molar refractivity (Wildman–Crippen MR) is 83.8 cm³/mol. The summed E-state index contributed by atoms with van der Waals surface area (Å²) in [5, 5.41) is 0. The topological polar surface area (TPSA) is 75.7 Å². The molecule has 2 atom stereocenters. The van der Waals surface area contributed by atoms with Crippen LogP contribution >= 0.6 is 0 Å². The number of methoxy groups -OCH3 is 1. The van der Waals surface area contributed by atoms with Crippen LogP contribution in [-0.2, 0) is 19.6 Å². The van der Waals surface area contributed by atoms with Gasteiger partial charge in [-0.3, -0.25) is 4.79 Å². The average Bonchev–Trinajstić information content (AvgIpc) is 2.47. The van der Waals surface area contributed by atoms with Crippen molar-refractivity contribution in [3.63, 3.8) is 0 Å². The zero-order valence-corrected chi connectivity index (χ0v) is 13.7. The molecule has 1 heterocycles. The molecule has 0 radical (unpaired) electrons. The van der Waals surface area contributed by atoms with Gasteiger partial charge in [-0.05, 0) is 18.4 Å². The normalized spacial score (nSPS) is 20.6. The van der Waals surface area contributed by atoms with E-state index in [0.29, 0.717) is 13.1 Å². The predicted octanol–water partition coefficient (Wildman–Crippen LogP) is 0.914. The average molecular weight is 326 g/mol. The molecule has 122 valence electrons. The molecule has 0 aromatic heterocycles. The number of benzene rings is 1. The SMILES string of the molecule is CO[C@@H](C(=O)N1CCC[C@H](NS(C)(=O)=O)C1)c1ccccc1. The fourth-order valence-corrected chi connectivity index (χ4v) is 3.55. The highest BCUT2D eigenvalue weighted by molar-refractivity contribution is 7.88. The summed E-state index contributed by atoms with van der Waals surface area (Å²) in [7, 11) is -1.76. The monoisotopic (exact) mass is 326 g/mol. The maximum Gasteiger partial charge on any atom is 0.256 e. The number of amides is 1. The third-order valence-corrected chi connectivity index (χ3v) is 4.44. The van der Waals surface area contributed by atoms with Crippen LogP contribution in [0.2, 0.25) is 0 Å². The number of hydrogen-bond acceptors (Lipinski definition) is 4. The zero-order chi connectivity index (χ0) is 16.2. The zero-order valence-electron chi connectivity index (χ0n) is 12.9. The summed E-state index contributed by atoms with van der Waals surface area (Å²) in [6.07, 6.45) is 1.98. The summed E-state index contributed by atoms with van der Waals surface area (Å²) >= 11 is 0. The molecule has 0 spiro atoms. The molecule has 7 heteroatoms. The van der Waals surface area contributed by atoms with Crippen LogP contribution in [0.3, 0.4) is 0 Å². The third-order valence-electron chi connectivity index (χ3n) is 3.68. The smallest absolute Gasteiger partial charge is 0.256 e. The maximum absolute atomic E-state index is 12.7. The van der Waals surface area contributed by atoms with Gasteiger partial charge in [-0.25, -0.2) is 13.1 Å². The molecular weight excluding hydrogens is 304 g/mol. The standard InChI is InChI=1S/C15H22N2O4S/c1-21-14(12-7-4-3-5-8-12)15(18)17-10-6-9-13(11-17)16-22(2,19)20/h3-5,7-8,13-14,16H,6,9-11H2,1-2H3/t13-,14+/m0/s1. The van der Waals surface area contributed by atoms with E-state index in [1.165, 1.54) is 7.11 Å². The van der Waals surface area contributed by atoms with Gasteiger partial charge in [0.1, 0.15) is 0 Å². The Morgan fingerprint density at radius 3 is 2.64 bits per heavy atom. The van der Waals surface area contributed by atoms with Gasteiger partial charge in [0.15, 0.2) is 6.10 Å². The van der Waals surface area contributed by atoms with Gasteiger partial charge in [-0.1, -0.05) is 30.3 Å². The summed E-state index contributed by atoms with van der Waals surface area (Å²) in [6.45, 7) is 0.992. The fraction of sp³-hybridized carbons (Fsp3) is 0.533. The van der Waals surface area contributed by atoms with Crippen molar-refractivity contribution >= 4 is 15.9 Å². The molecular formula is C15H22N2O4S. The lowest BCUT2D eigenvalue weighted by molar-refractivity contribution is -0.143. The van der Waals surface area contributed by atoms with E-state index in [0.717, 1.165) is 24.7 Å². The Balaban J connectivity index is 2.07. The van der Waals surface area contributed by atoms with E-state index in [1.54, 1.807) is 4.90 Å². The molecule has 1 amide bonds. The van der Waals surface area contributed by atoms with Crippen LogP contribution in [0.25, 0.3) is 0 Å². The quantitative estimate of drug-likeness (QED) is 0.873. The van der Waals surface area contributed by atoms with Crippen molar-refractivity contribution in [3.05, 3.63) is 35.9 Å². The van der Waals surface area contributed by atoms with Gasteiger partial charge in [-0.2, -0.15) is 0 Å². The van der Waals surface area contributed by atoms with E-state index in [9.17, 15) is 13.2 Å². The van der Waals surface area contributed by atoms with Gasteiger partial charge in [0, 0.05) is 26.2 Å². The van der Waals surface area contributed by atoms with Crippen molar-refractivity contribution in [2.24, 2.45) is 0 Å². The second kappa shape index (κ2) is 7.21. The van der Waals surface area contributed by atoms with E-state index in [-0.39, 0.29) is 11.9 Å². The Bertz CT molecular complexity index is 603. The number of sulfonamides is 1. The number of nitrogens with zero attached hydrogens (tertiary/aromatic N) is 1. The van der Waals surface area contributed by atoms with Gasteiger partial charge in [0.2, 0.25) is 10.0 Å². The summed E-state index contributed by atoms with van der Waals surface area (Å²) in [4.78, 5) is 14.3. The summed E-state index contributed by atoms with van der Waals surface area (Å²) < 4.78 is 30.6. The van der Waals surface area contributed by atoms with Crippen LogP contribution in [0.4, 0.5) is 0 Å². The van der Waals surface area contributed by atoms with Gasteiger partial charge in [-0.15, -0.1) is 0 Å². The van der Waals surface area contributed by atoms with E-state index in [4.69, 9.17) is 4.74 Å². The second-order valence-electron chi connectivity index (χ2n) is 5.54. The van der Waals surface area contributed by atoms with Crippen molar-refractivity contribution < 1.29 is 17.9 Å². The number of piperidine rings is 1. The Morgan fingerprint density at radius 1 is 1.36 bits per heavy atom. The van der Waals surface area contributed by atoms with Gasteiger partial charge in [0.25, 0.3) is 5.91 Å². The van der Waals surface area contributed by atoms with Crippen molar-refractivity contribution in [2.75, 3.05) is 26.5 Å². The van der Waals surface area contributed by atoms with Crippen LogP contribution < -0.4 is 4.72 Å². The minimum absolute atomic E-state index is 0.131. The molecule has 0 bridgehead atoms. The van der Waals surface area contributed by atoms with E-state index in [2.05, 4.69) is 4.72 Å². The van der Waals surface area contributed by atoms with E-state index >= 15 is 0 Å². The number of carbonyl (C=O) groups is 1. The van der Waals surface area contributed by atoms with Gasteiger partial charge >= 0.3 is 0 Å². The first-order valence-electron chi connectivity index (χ1n) is 7.24. The number of carbonyl (C=O) groups excluding carboxylic acids is 1. The number of rotatable bonds is 5. The molecule has 1 saturated heterocycles. The molecule has 2 rings (SSSR count). The highest BCUT2D eigenvalue weighted by Gasteiger charge is 2.30. The Hall–Kier alpha value is -1.44. The first-order chi connectivity index (χ1) is 10.4. The number of ether oxygens (including phenoxy) is 1. The molecule has 6 nitrogen and oxygen atoms in total. The number of hydrogen-bond donors (Lipinski definition) is 1. The summed E-state index contributed by atoms with van der Waals surface area (Å²) in [5.41, 5.74) is 0.799. The Morgan fingerprint density at radius 2 is 2.05 bits per heavy atom. The Kier molecular flexibility index (Phi) is 5.55. The second-order valence-corrected chi connectivity index (χ2v) is 7.32. The highest BCUT2D eigenvalue weighted by Crippen LogP contribution is 2.22. The van der Waals surface area contributed by atoms with Crippen molar-refractivity contribution in [1.82, 2.24) is 9.62 Å². The highest BCUT2D eigenvalue weighted by atomic mass is 32.2. The number of likely N-dealkylation sites (tertiary alicyclic amines) is 1. The van der Waals surface area contributed by atoms with Gasteiger partial charge < -0.3 is 9.64 Å². The van der Waals surface area contributed by atoms with E-state index < -0.39 is 16.1 Å². The lowest BCUT2D eigenvalue weighted by Crippen LogP contribution is -2.50. The maximum atomic E-state index is 12.7. The molecule has 1 aromatic carbocycles. The third kappa shape index (κ3) is 4.53. The first-order valence-corrected chi connectivity index (χ1v) is 9.13. The van der Waals surface area contributed by atoms with Crippen LogP contribution in [-0.4, -0.2) is 51.7 Å². The largest absolute Gasteiger partial charge is 0.367 e. The molecule has 0 unspecified atom stereocenters. The van der Waals surface area contributed by atoms with Crippen molar-refractivity contribution in [3.8, 4) is 0 Å². The van der Waals surface area contributed by atoms with Crippen LogP contribution in [0.1, 0.15) is 24.5 Å². The minimum Gasteiger partial charge on any atom is -0.367 e.